The number of carbonyl (C=O) groups is 3. The van der Waals surface area contributed by atoms with E-state index in [0.29, 0.717) is 36.6 Å². The lowest BCUT2D eigenvalue weighted by molar-refractivity contribution is -0.147. The van der Waals surface area contributed by atoms with Gasteiger partial charge in [-0.15, -0.1) is 11.3 Å². The lowest BCUT2D eigenvalue weighted by Crippen LogP contribution is -2.60. The van der Waals surface area contributed by atoms with E-state index < -0.39 is 47.2 Å². The van der Waals surface area contributed by atoms with Gasteiger partial charge in [0.25, 0.3) is 5.91 Å². The summed E-state index contributed by atoms with van der Waals surface area (Å²) in [6.45, 7) is 18.4. The van der Waals surface area contributed by atoms with Crippen LogP contribution in [-0.2, 0) is 32.0 Å². The molecule has 6 rings (SSSR count). The summed E-state index contributed by atoms with van der Waals surface area (Å²) in [5.74, 6) is -1.75. The van der Waals surface area contributed by atoms with Gasteiger partial charge in [0.15, 0.2) is 0 Å². The molecule has 1 fully saturated rings. The van der Waals surface area contributed by atoms with Crippen molar-refractivity contribution >= 4 is 45.9 Å². The number of benzene rings is 1. The van der Waals surface area contributed by atoms with Gasteiger partial charge in [0.1, 0.15) is 23.8 Å². The highest BCUT2D eigenvalue weighted by Gasteiger charge is 2.46. The monoisotopic (exact) mass is 803 g/mol. The minimum atomic E-state index is -1.06. The average molecular weight is 804 g/mol. The number of amides is 2. The molecule has 14 nitrogen and oxygen atoms in total. The molecule has 1 aliphatic carbocycles. The number of methoxy groups -OCH3 is 1. The van der Waals surface area contributed by atoms with Crippen LogP contribution < -0.4 is 15.6 Å². The van der Waals surface area contributed by atoms with Crippen molar-refractivity contribution in [2.45, 2.75) is 111 Å². The largest absolute Gasteiger partial charge is 0.480 e. The summed E-state index contributed by atoms with van der Waals surface area (Å²) in [5.41, 5.74) is 9.18. The van der Waals surface area contributed by atoms with Crippen molar-refractivity contribution in [2.75, 3.05) is 38.3 Å². The summed E-state index contributed by atoms with van der Waals surface area (Å²) in [4.78, 5) is 50.9. The van der Waals surface area contributed by atoms with E-state index in [0.717, 1.165) is 57.8 Å². The van der Waals surface area contributed by atoms with E-state index in [9.17, 15) is 24.6 Å². The zero-order valence-electron chi connectivity index (χ0n) is 34.5. The van der Waals surface area contributed by atoms with Crippen molar-refractivity contribution in [3.63, 3.8) is 0 Å². The van der Waals surface area contributed by atoms with Crippen LogP contribution in [0.2, 0.25) is 0 Å². The number of hydrogen-bond donors (Lipinski definition) is 4. The second kappa shape index (κ2) is 16.7. The lowest BCUT2D eigenvalue weighted by atomic mass is 9.67. The maximum atomic E-state index is 13.9. The SMILES string of the molecule is CCN(CC)c1cnc2c(c1)-c1c(c3cc(-c4csc(C[C@H](NC(=O)OC(C)(C)C)C(=O)N5CCC[C@@H](C(=O)O)N5)n4)ccc3n1CC)C(C(C)(C)CO)[C@@H]2OC. The summed E-state index contributed by atoms with van der Waals surface area (Å²) in [6.07, 6.45) is 1.74. The van der Waals surface area contributed by atoms with Gasteiger partial charge < -0.3 is 34.5 Å². The second-order valence-corrected chi connectivity index (χ2v) is 17.4. The number of rotatable bonds is 13. The van der Waals surface area contributed by atoms with Gasteiger partial charge in [-0.3, -0.25) is 19.6 Å². The molecule has 1 saturated heterocycles. The van der Waals surface area contributed by atoms with Crippen LogP contribution in [-0.4, -0.2) is 98.8 Å². The third kappa shape index (κ3) is 8.38. The molecular formula is C42H57N7O7S. The molecule has 2 amide bonds. The highest BCUT2D eigenvalue weighted by molar-refractivity contribution is 7.10. The van der Waals surface area contributed by atoms with E-state index >= 15 is 0 Å². The summed E-state index contributed by atoms with van der Waals surface area (Å²) in [5, 5.41) is 28.0. The zero-order chi connectivity index (χ0) is 41.4. The number of fused-ring (bicyclic) bond motifs is 5. The Balaban J connectivity index is 1.42. The molecular weight excluding hydrogens is 747 g/mol. The smallest absolute Gasteiger partial charge is 0.408 e. The number of aliphatic hydroxyl groups excluding tert-OH is 1. The van der Waals surface area contributed by atoms with Crippen molar-refractivity contribution in [1.29, 1.82) is 0 Å². The number of aliphatic hydroxyl groups is 1. The Morgan fingerprint density at radius 2 is 1.86 bits per heavy atom. The van der Waals surface area contributed by atoms with Crippen LogP contribution in [0, 0.1) is 5.41 Å². The number of hydrazine groups is 1. The first-order valence-corrected chi connectivity index (χ1v) is 20.7. The summed E-state index contributed by atoms with van der Waals surface area (Å²) in [7, 11) is 1.71. The lowest BCUT2D eigenvalue weighted by Gasteiger charge is -2.42. The topological polar surface area (TPSA) is 171 Å². The highest BCUT2D eigenvalue weighted by atomic mass is 32.1. The predicted octanol–water partition coefficient (Wildman–Crippen LogP) is 6.51. The Hall–Kier alpha value is -4.57. The van der Waals surface area contributed by atoms with Crippen LogP contribution >= 0.6 is 11.3 Å². The summed E-state index contributed by atoms with van der Waals surface area (Å²) < 4.78 is 14.1. The van der Waals surface area contributed by atoms with E-state index in [1.54, 1.807) is 27.9 Å². The summed E-state index contributed by atoms with van der Waals surface area (Å²) >= 11 is 1.38. The molecule has 1 unspecified atom stereocenters. The molecule has 0 saturated carbocycles. The number of nitrogens with one attached hydrogen (secondary N) is 2. The molecule has 4 heterocycles. The Kier molecular flexibility index (Phi) is 12.3. The Morgan fingerprint density at radius 3 is 2.49 bits per heavy atom. The van der Waals surface area contributed by atoms with Crippen molar-refractivity contribution in [2.24, 2.45) is 5.41 Å². The van der Waals surface area contributed by atoms with E-state index in [1.807, 2.05) is 11.6 Å². The molecule has 4 atom stereocenters. The highest BCUT2D eigenvalue weighted by Crippen LogP contribution is 2.57. The molecule has 0 bridgehead atoms. The van der Waals surface area contributed by atoms with Gasteiger partial charge in [-0.1, -0.05) is 19.9 Å². The van der Waals surface area contributed by atoms with Crippen LogP contribution in [0.1, 0.15) is 96.5 Å². The van der Waals surface area contributed by atoms with Crippen LogP contribution in [0.25, 0.3) is 33.4 Å². The Labute approximate surface area is 338 Å². The molecule has 1 aromatic carbocycles. The fourth-order valence-electron chi connectivity index (χ4n) is 8.24. The Bertz CT molecular complexity index is 2120. The molecule has 4 aromatic rings. The molecule has 0 radical (unpaired) electrons. The number of thiazole rings is 1. The molecule has 0 spiro atoms. The normalized spacial score (nSPS) is 18.8. The zero-order valence-corrected chi connectivity index (χ0v) is 35.3. The predicted molar refractivity (Wildman–Crippen MR) is 221 cm³/mol. The van der Waals surface area contributed by atoms with Gasteiger partial charge >= 0.3 is 12.1 Å². The number of aliphatic carboxylic acids is 1. The third-order valence-electron chi connectivity index (χ3n) is 11.1. The first-order valence-electron chi connectivity index (χ1n) is 19.8. The number of carbonyl (C=O) groups excluding carboxylic acids is 2. The van der Waals surface area contributed by atoms with Gasteiger partial charge in [-0.2, -0.15) is 0 Å². The molecule has 308 valence electrons. The van der Waals surface area contributed by atoms with Crippen LogP contribution in [0.15, 0.2) is 35.8 Å². The first kappa shape index (κ1) is 42.0. The number of carboxylic acids is 1. The first-order chi connectivity index (χ1) is 27.0. The van der Waals surface area contributed by atoms with Gasteiger partial charge in [0.05, 0.1) is 34.0 Å². The number of anilines is 1. The fourth-order valence-corrected chi connectivity index (χ4v) is 9.10. The van der Waals surface area contributed by atoms with Crippen LogP contribution in [0.4, 0.5) is 10.5 Å². The molecule has 1 aliphatic heterocycles. The van der Waals surface area contributed by atoms with E-state index in [1.165, 1.54) is 16.3 Å². The molecule has 3 aromatic heterocycles. The van der Waals surface area contributed by atoms with Crippen molar-refractivity contribution in [3.8, 4) is 22.5 Å². The standard InChI is InChI=1S/C42H57N7O7S/c1-10-47(11-2)25-19-27-35(43-21-25)37(55-9)34(42(7,8)23-50)33-26-18-24(15-16-31(26)48(12-3)36(27)33)30-22-57-32(44-30)20-29(45-40(54)56-41(4,5)6)38(51)49-17-13-14-28(46-49)39(52)53/h15-16,18-19,21-22,28-29,34,37,46,50H,10-14,17,20,23H2,1-9H3,(H,45,54)(H,52,53)/t28-,29-,34?,37-/m0/s1. The number of ether oxygens (including phenoxy) is 2. The minimum absolute atomic E-state index is 0.0567. The van der Waals surface area contributed by atoms with Gasteiger partial charge in [0.2, 0.25) is 0 Å². The maximum Gasteiger partial charge on any atom is 0.408 e. The van der Waals surface area contributed by atoms with Gasteiger partial charge in [0, 0.05) is 79.6 Å². The molecule has 2 aliphatic rings. The van der Waals surface area contributed by atoms with Crippen LogP contribution in [0.5, 0.6) is 0 Å². The van der Waals surface area contributed by atoms with E-state index in [4.69, 9.17) is 19.4 Å². The fraction of sp³-hybridized carbons (Fsp3) is 0.548. The molecule has 57 heavy (non-hydrogen) atoms. The molecule has 4 N–H and O–H groups in total. The number of aromatic nitrogens is 3. The number of hydrogen-bond acceptors (Lipinski definition) is 11. The number of carboxylic acid groups (broad SMARTS) is 1. The number of pyridine rings is 1. The van der Waals surface area contributed by atoms with Gasteiger partial charge in [-0.05, 0) is 83.6 Å². The number of nitrogens with zero attached hydrogens (tertiary/aromatic N) is 5. The number of alkyl carbamates (subject to hydrolysis) is 1. The third-order valence-corrected chi connectivity index (χ3v) is 11.9. The quantitative estimate of drug-likeness (QED) is 0.116. The van der Waals surface area contributed by atoms with Crippen molar-refractivity contribution < 1.29 is 34.1 Å². The van der Waals surface area contributed by atoms with Crippen molar-refractivity contribution in [3.05, 3.63) is 52.1 Å². The second-order valence-electron chi connectivity index (χ2n) is 16.5. The van der Waals surface area contributed by atoms with E-state index in [2.05, 4.69) is 79.1 Å². The minimum Gasteiger partial charge on any atom is -0.480 e. The molecule has 15 heteroatoms. The van der Waals surface area contributed by atoms with Crippen LogP contribution in [0.3, 0.4) is 0 Å². The van der Waals surface area contributed by atoms with Crippen molar-refractivity contribution in [1.82, 2.24) is 30.3 Å². The number of aryl methyl sites for hydroxylation is 1. The maximum absolute atomic E-state index is 13.9. The Morgan fingerprint density at radius 1 is 1.12 bits per heavy atom. The average Bonchev–Trinajstić information content (AvgIpc) is 3.78. The summed E-state index contributed by atoms with van der Waals surface area (Å²) in [6, 6.07) is 6.59. The van der Waals surface area contributed by atoms with Gasteiger partial charge in [-0.25, -0.2) is 15.2 Å². The van der Waals surface area contributed by atoms with E-state index in [-0.39, 0.29) is 18.9 Å².